The van der Waals surface area contributed by atoms with Crippen molar-refractivity contribution in [2.24, 2.45) is 17.8 Å². The van der Waals surface area contributed by atoms with Gasteiger partial charge in [-0.05, 0) is 43.8 Å². The summed E-state index contributed by atoms with van der Waals surface area (Å²) in [4.78, 5) is 2.74. The van der Waals surface area contributed by atoms with Crippen LogP contribution in [-0.2, 0) is 0 Å². The summed E-state index contributed by atoms with van der Waals surface area (Å²) in [5.41, 5.74) is 0. The normalized spacial score (nSPS) is 33.0. The standard InChI is InChI=1S/C16H32N2/c1-14-10-17-11-15(2)13-18(12-14)9-8-16-6-4-3-5-7-16/h14-17H,3-13H2,1-2H3. The number of nitrogens with one attached hydrogen (secondary N) is 1. The number of hydrogen-bond acceptors (Lipinski definition) is 2. The average molecular weight is 252 g/mol. The van der Waals surface area contributed by atoms with Gasteiger partial charge in [0, 0.05) is 13.1 Å². The largest absolute Gasteiger partial charge is 0.316 e. The van der Waals surface area contributed by atoms with Crippen molar-refractivity contribution in [2.45, 2.75) is 52.4 Å². The minimum Gasteiger partial charge on any atom is -0.316 e. The summed E-state index contributed by atoms with van der Waals surface area (Å²) in [7, 11) is 0. The predicted molar refractivity (Wildman–Crippen MR) is 78.8 cm³/mol. The Morgan fingerprint density at radius 1 is 0.944 bits per heavy atom. The van der Waals surface area contributed by atoms with Gasteiger partial charge in [0.15, 0.2) is 0 Å². The van der Waals surface area contributed by atoms with Crippen LogP contribution in [0.5, 0.6) is 0 Å². The van der Waals surface area contributed by atoms with E-state index in [9.17, 15) is 0 Å². The molecule has 2 unspecified atom stereocenters. The lowest BCUT2D eigenvalue weighted by atomic mass is 9.87. The zero-order valence-corrected chi connectivity index (χ0v) is 12.5. The first-order valence-corrected chi connectivity index (χ1v) is 8.17. The van der Waals surface area contributed by atoms with Crippen LogP contribution in [0, 0.1) is 17.8 Å². The first-order valence-electron chi connectivity index (χ1n) is 8.17. The maximum Gasteiger partial charge on any atom is 0.00193 e. The highest BCUT2D eigenvalue weighted by molar-refractivity contribution is 4.75. The SMILES string of the molecule is CC1CNCC(C)CN(CCC2CCCCC2)C1. The molecule has 2 rings (SSSR count). The van der Waals surface area contributed by atoms with E-state index in [0.717, 1.165) is 17.8 Å². The summed E-state index contributed by atoms with van der Waals surface area (Å²) in [6.07, 6.45) is 8.91. The number of hydrogen-bond donors (Lipinski definition) is 1. The molecule has 2 fully saturated rings. The van der Waals surface area contributed by atoms with Gasteiger partial charge in [0.05, 0.1) is 0 Å². The Hall–Kier alpha value is -0.0800. The van der Waals surface area contributed by atoms with Crippen LogP contribution in [0.15, 0.2) is 0 Å². The monoisotopic (exact) mass is 252 g/mol. The second-order valence-electron chi connectivity index (χ2n) is 6.92. The van der Waals surface area contributed by atoms with E-state index in [1.54, 1.807) is 0 Å². The van der Waals surface area contributed by atoms with Crippen LogP contribution in [0.3, 0.4) is 0 Å². The second kappa shape index (κ2) is 7.49. The molecule has 0 aromatic carbocycles. The Bertz CT molecular complexity index is 211. The zero-order chi connectivity index (χ0) is 12.8. The molecule has 0 aromatic rings. The van der Waals surface area contributed by atoms with Crippen molar-refractivity contribution in [1.29, 1.82) is 0 Å². The maximum atomic E-state index is 3.59. The minimum absolute atomic E-state index is 0.809. The lowest BCUT2D eigenvalue weighted by Crippen LogP contribution is -2.43. The van der Waals surface area contributed by atoms with E-state index in [1.165, 1.54) is 71.2 Å². The molecule has 1 aliphatic heterocycles. The zero-order valence-electron chi connectivity index (χ0n) is 12.5. The molecule has 1 N–H and O–H groups in total. The molecule has 2 heteroatoms. The smallest absolute Gasteiger partial charge is 0.00193 e. The lowest BCUT2D eigenvalue weighted by molar-refractivity contribution is 0.168. The van der Waals surface area contributed by atoms with Crippen molar-refractivity contribution < 1.29 is 0 Å². The van der Waals surface area contributed by atoms with E-state index < -0.39 is 0 Å². The second-order valence-corrected chi connectivity index (χ2v) is 6.92. The topological polar surface area (TPSA) is 15.3 Å². The molecule has 1 aliphatic carbocycles. The number of nitrogens with zero attached hydrogens (tertiary/aromatic N) is 1. The van der Waals surface area contributed by atoms with Gasteiger partial charge in [-0.25, -0.2) is 0 Å². The molecule has 0 aromatic heterocycles. The Labute approximate surface area is 114 Å². The predicted octanol–water partition coefficient (Wildman–Crippen LogP) is 3.13. The quantitative estimate of drug-likeness (QED) is 0.830. The van der Waals surface area contributed by atoms with Crippen LogP contribution < -0.4 is 5.32 Å². The van der Waals surface area contributed by atoms with Gasteiger partial charge < -0.3 is 10.2 Å². The van der Waals surface area contributed by atoms with E-state index in [-0.39, 0.29) is 0 Å². The molecular weight excluding hydrogens is 220 g/mol. The van der Waals surface area contributed by atoms with E-state index >= 15 is 0 Å². The van der Waals surface area contributed by atoms with Crippen LogP contribution in [0.25, 0.3) is 0 Å². The van der Waals surface area contributed by atoms with Crippen LogP contribution >= 0.6 is 0 Å². The van der Waals surface area contributed by atoms with Gasteiger partial charge in [-0.3, -0.25) is 0 Å². The third-order valence-electron chi connectivity index (χ3n) is 4.70. The molecule has 0 spiro atoms. The van der Waals surface area contributed by atoms with E-state index in [1.807, 2.05) is 0 Å². The number of rotatable bonds is 3. The lowest BCUT2D eigenvalue weighted by Gasteiger charge is -2.33. The van der Waals surface area contributed by atoms with Gasteiger partial charge in [0.25, 0.3) is 0 Å². The van der Waals surface area contributed by atoms with Gasteiger partial charge in [0.1, 0.15) is 0 Å². The Morgan fingerprint density at radius 2 is 1.56 bits per heavy atom. The van der Waals surface area contributed by atoms with Crippen LogP contribution in [-0.4, -0.2) is 37.6 Å². The first-order chi connectivity index (χ1) is 8.74. The minimum atomic E-state index is 0.809. The fourth-order valence-electron chi connectivity index (χ4n) is 3.68. The summed E-state index contributed by atoms with van der Waals surface area (Å²) in [5.74, 6) is 2.65. The molecule has 106 valence electrons. The third kappa shape index (κ3) is 4.89. The third-order valence-corrected chi connectivity index (χ3v) is 4.70. The van der Waals surface area contributed by atoms with Gasteiger partial charge in [-0.2, -0.15) is 0 Å². The molecule has 2 atom stereocenters. The Kier molecular flexibility index (Phi) is 5.97. The molecule has 0 bridgehead atoms. The highest BCUT2D eigenvalue weighted by Gasteiger charge is 2.19. The fourth-order valence-corrected chi connectivity index (χ4v) is 3.68. The average Bonchev–Trinajstić information content (AvgIpc) is 2.35. The van der Waals surface area contributed by atoms with Crippen molar-refractivity contribution in [3.8, 4) is 0 Å². The van der Waals surface area contributed by atoms with E-state index in [0.29, 0.717) is 0 Å². The van der Waals surface area contributed by atoms with Gasteiger partial charge >= 0.3 is 0 Å². The molecule has 1 saturated heterocycles. The van der Waals surface area contributed by atoms with Crippen molar-refractivity contribution in [3.05, 3.63) is 0 Å². The fraction of sp³-hybridized carbons (Fsp3) is 1.00. The summed E-state index contributed by atoms with van der Waals surface area (Å²) in [6, 6.07) is 0. The van der Waals surface area contributed by atoms with Crippen LogP contribution in [0.2, 0.25) is 0 Å². The Balaban J connectivity index is 1.74. The molecule has 2 nitrogen and oxygen atoms in total. The van der Waals surface area contributed by atoms with Crippen molar-refractivity contribution in [3.63, 3.8) is 0 Å². The maximum absolute atomic E-state index is 3.59. The molecule has 18 heavy (non-hydrogen) atoms. The Morgan fingerprint density at radius 3 is 2.17 bits per heavy atom. The van der Waals surface area contributed by atoms with Gasteiger partial charge in [-0.15, -0.1) is 0 Å². The highest BCUT2D eigenvalue weighted by Crippen LogP contribution is 2.26. The van der Waals surface area contributed by atoms with Crippen molar-refractivity contribution >= 4 is 0 Å². The molecule has 0 amide bonds. The molecule has 2 aliphatic rings. The highest BCUT2D eigenvalue weighted by atomic mass is 15.1. The van der Waals surface area contributed by atoms with Gasteiger partial charge in [-0.1, -0.05) is 46.0 Å². The summed E-state index contributed by atoms with van der Waals surface area (Å²) in [5, 5.41) is 3.59. The van der Waals surface area contributed by atoms with Crippen molar-refractivity contribution in [1.82, 2.24) is 10.2 Å². The molecule has 1 saturated carbocycles. The molecule has 1 heterocycles. The van der Waals surface area contributed by atoms with E-state index in [2.05, 4.69) is 24.1 Å². The van der Waals surface area contributed by atoms with Crippen LogP contribution in [0.4, 0.5) is 0 Å². The van der Waals surface area contributed by atoms with Gasteiger partial charge in [0.2, 0.25) is 0 Å². The summed E-state index contributed by atoms with van der Waals surface area (Å²) < 4.78 is 0. The molecular formula is C16H32N2. The van der Waals surface area contributed by atoms with Crippen LogP contribution in [0.1, 0.15) is 52.4 Å². The summed E-state index contributed by atoms with van der Waals surface area (Å²) in [6.45, 7) is 11.1. The van der Waals surface area contributed by atoms with Crippen molar-refractivity contribution in [2.75, 3.05) is 32.7 Å². The summed E-state index contributed by atoms with van der Waals surface area (Å²) >= 11 is 0. The first kappa shape index (κ1) is 14.3. The molecule has 0 radical (unpaired) electrons. The van der Waals surface area contributed by atoms with E-state index in [4.69, 9.17) is 0 Å².